The van der Waals surface area contributed by atoms with Crippen LogP contribution in [0, 0.1) is 11.3 Å². The van der Waals surface area contributed by atoms with Crippen LogP contribution >= 0.6 is 0 Å². The molecule has 7 nitrogen and oxygen atoms in total. The first-order valence-corrected chi connectivity index (χ1v) is 6.95. The van der Waals surface area contributed by atoms with Gasteiger partial charge < -0.3 is 21.6 Å². The minimum Gasteiger partial charge on any atom is -0.409 e. The lowest BCUT2D eigenvalue weighted by molar-refractivity contribution is -0.131. The van der Waals surface area contributed by atoms with Crippen molar-refractivity contribution in [3.05, 3.63) is 0 Å². The van der Waals surface area contributed by atoms with Crippen molar-refractivity contribution in [2.75, 3.05) is 13.1 Å². The molecule has 0 atom stereocenters. The van der Waals surface area contributed by atoms with Crippen molar-refractivity contribution in [1.82, 2.24) is 10.6 Å². The molecule has 0 radical (unpaired) electrons. The molecular weight excluding hydrogens is 260 g/mol. The standard InChI is InChI=1S/C13H24N4O3/c1-9(2)8-16-10(18)4-7-15-12(19)13(5-3-6-13)11(14)17-20/h9,20H,3-8H2,1-2H3,(H2,14,17)(H,15,19)(H,16,18). The maximum atomic E-state index is 12.1. The fourth-order valence-electron chi connectivity index (χ4n) is 2.09. The van der Waals surface area contributed by atoms with Gasteiger partial charge in [-0.2, -0.15) is 0 Å². The second-order valence-electron chi connectivity index (χ2n) is 5.62. The Hall–Kier alpha value is -1.79. The molecule has 5 N–H and O–H groups in total. The van der Waals surface area contributed by atoms with Gasteiger partial charge in [-0.25, -0.2) is 0 Å². The summed E-state index contributed by atoms with van der Waals surface area (Å²) in [6.45, 7) is 4.91. The molecule has 0 aromatic heterocycles. The smallest absolute Gasteiger partial charge is 0.233 e. The van der Waals surface area contributed by atoms with Crippen molar-refractivity contribution in [2.24, 2.45) is 22.2 Å². The quantitative estimate of drug-likeness (QED) is 0.231. The van der Waals surface area contributed by atoms with Gasteiger partial charge in [0.05, 0.1) is 0 Å². The summed E-state index contributed by atoms with van der Waals surface area (Å²) in [5.41, 5.74) is 4.70. The highest BCUT2D eigenvalue weighted by molar-refractivity contribution is 6.07. The van der Waals surface area contributed by atoms with E-state index in [1.165, 1.54) is 0 Å². The highest BCUT2D eigenvalue weighted by atomic mass is 16.4. The number of nitrogens with zero attached hydrogens (tertiary/aromatic N) is 1. The molecule has 1 fully saturated rings. The average Bonchev–Trinajstić information content (AvgIpc) is 2.34. The third-order valence-corrected chi connectivity index (χ3v) is 3.58. The molecule has 0 heterocycles. The lowest BCUT2D eigenvalue weighted by atomic mass is 9.67. The van der Waals surface area contributed by atoms with Crippen molar-refractivity contribution >= 4 is 17.6 Å². The number of amidine groups is 1. The van der Waals surface area contributed by atoms with E-state index in [9.17, 15) is 9.59 Å². The number of nitrogens with two attached hydrogens (primary N) is 1. The van der Waals surface area contributed by atoms with Crippen molar-refractivity contribution in [1.29, 1.82) is 0 Å². The Balaban J connectivity index is 2.35. The molecule has 1 aliphatic rings. The SMILES string of the molecule is CC(C)CNC(=O)CCNC(=O)C1(C(N)=NO)CCC1. The molecule has 1 saturated carbocycles. The van der Waals surface area contributed by atoms with E-state index < -0.39 is 5.41 Å². The Morgan fingerprint density at radius 2 is 2.00 bits per heavy atom. The molecule has 0 aliphatic heterocycles. The second kappa shape index (κ2) is 7.12. The number of hydrogen-bond acceptors (Lipinski definition) is 4. The van der Waals surface area contributed by atoms with Crippen LogP contribution < -0.4 is 16.4 Å². The van der Waals surface area contributed by atoms with Crippen LogP contribution in [0.2, 0.25) is 0 Å². The number of hydrogen-bond donors (Lipinski definition) is 4. The van der Waals surface area contributed by atoms with Crippen molar-refractivity contribution in [2.45, 2.75) is 39.5 Å². The number of nitrogens with one attached hydrogen (secondary N) is 2. The van der Waals surface area contributed by atoms with Crippen LogP contribution in [-0.4, -0.2) is 35.9 Å². The van der Waals surface area contributed by atoms with E-state index in [0.29, 0.717) is 25.3 Å². The average molecular weight is 284 g/mol. The van der Waals surface area contributed by atoms with Crippen LogP contribution in [0.3, 0.4) is 0 Å². The Bertz CT molecular complexity index is 389. The molecule has 0 unspecified atom stereocenters. The molecule has 0 bridgehead atoms. The van der Waals surface area contributed by atoms with Gasteiger partial charge in [-0.05, 0) is 18.8 Å². The lowest BCUT2D eigenvalue weighted by Crippen LogP contribution is -2.54. The van der Waals surface area contributed by atoms with E-state index in [0.717, 1.165) is 6.42 Å². The number of amides is 2. The van der Waals surface area contributed by atoms with Gasteiger partial charge in [0, 0.05) is 19.5 Å². The Morgan fingerprint density at radius 1 is 1.35 bits per heavy atom. The number of oxime groups is 1. The highest BCUT2D eigenvalue weighted by Gasteiger charge is 2.48. The fraction of sp³-hybridized carbons (Fsp3) is 0.769. The molecule has 0 spiro atoms. The summed E-state index contributed by atoms with van der Waals surface area (Å²) >= 11 is 0. The summed E-state index contributed by atoms with van der Waals surface area (Å²) in [5, 5.41) is 17.2. The molecule has 114 valence electrons. The molecule has 2 amide bonds. The van der Waals surface area contributed by atoms with Gasteiger partial charge in [0.25, 0.3) is 0 Å². The normalized spacial score (nSPS) is 17.4. The van der Waals surface area contributed by atoms with Gasteiger partial charge in [-0.15, -0.1) is 0 Å². The van der Waals surface area contributed by atoms with Crippen molar-refractivity contribution < 1.29 is 14.8 Å². The van der Waals surface area contributed by atoms with Gasteiger partial charge in [0.15, 0.2) is 5.84 Å². The zero-order valence-corrected chi connectivity index (χ0v) is 12.1. The van der Waals surface area contributed by atoms with Crippen molar-refractivity contribution in [3.8, 4) is 0 Å². The minimum atomic E-state index is -0.886. The summed E-state index contributed by atoms with van der Waals surface area (Å²) in [7, 11) is 0. The molecule has 0 aromatic carbocycles. The predicted molar refractivity (Wildman–Crippen MR) is 75.2 cm³/mol. The van der Waals surface area contributed by atoms with Crippen LogP contribution in [0.5, 0.6) is 0 Å². The Labute approximate surface area is 119 Å². The van der Waals surface area contributed by atoms with E-state index in [1.807, 2.05) is 13.8 Å². The molecule has 20 heavy (non-hydrogen) atoms. The van der Waals surface area contributed by atoms with Crippen molar-refractivity contribution in [3.63, 3.8) is 0 Å². The zero-order valence-electron chi connectivity index (χ0n) is 12.1. The van der Waals surface area contributed by atoms with Gasteiger partial charge in [0.1, 0.15) is 5.41 Å². The van der Waals surface area contributed by atoms with E-state index in [-0.39, 0.29) is 30.6 Å². The summed E-state index contributed by atoms with van der Waals surface area (Å²) in [6, 6.07) is 0. The molecular formula is C13H24N4O3. The first kappa shape index (κ1) is 16.3. The minimum absolute atomic E-state index is 0.0505. The number of rotatable bonds is 7. The first-order valence-electron chi connectivity index (χ1n) is 6.95. The predicted octanol–water partition coefficient (Wildman–Crippen LogP) is 0.182. The van der Waals surface area contributed by atoms with Gasteiger partial charge in [-0.1, -0.05) is 25.4 Å². The zero-order chi connectivity index (χ0) is 15.2. The second-order valence-corrected chi connectivity index (χ2v) is 5.62. The summed E-state index contributed by atoms with van der Waals surface area (Å²) in [4.78, 5) is 23.6. The van der Waals surface area contributed by atoms with E-state index >= 15 is 0 Å². The Kier molecular flexibility index (Phi) is 5.79. The molecule has 7 heteroatoms. The fourth-order valence-corrected chi connectivity index (χ4v) is 2.09. The number of carbonyl (C=O) groups excluding carboxylic acids is 2. The Morgan fingerprint density at radius 3 is 2.45 bits per heavy atom. The maximum Gasteiger partial charge on any atom is 0.233 e. The van der Waals surface area contributed by atoms with Gasteiger partial charge in [0.2, 0.25) is 11.8 Å². The molecule has 0 aromatic rings. The van der Waals surface area contributed by atoms with Crippen LogP contribution in [0.25, 0.3) is 0 Å². The molecule has 0 saturated heterocycles. The third kappa shape index (κ3) is 3.85. The molecule has 1 rings (SSSR count). The van der Waals surface area contributed by atoms with E-state index in [1.54, 1.807) is 0 Å². The topological polar surface area (TPSA) is 117 Å². The molecule has 1 aliphatic carbocycles. The summed E-state index contributed by atoms with van der Waals surface area (Å²) in [6.07, 6.45) is 2.26. The maximum absolute atomic E-state index is 12.1. The van der Waals surface area contributed by atoms with E-state index in [2.05, 4.69) is 15.8 Å². The van der Waals surface area contributed by atoms with Crippen LogP contribution in [0.15, 0.2) is 5.16 Å². The monoisotopic (exact) mass is 284 g/mol. The van der Waals surface area contributed by atoms with Crippen LogP contribution in [0.4, 0.5) is 0 Å². The number of carbonyl (C=O) groups is 2. The highest BCUT2D eigenvalue weighted by Crippen LogP contribution is 2.41. The summed E-state index contributed by atoms with van der Waals surface area (Å²) < 4.78 is 0. The third-order valence-electron chi connectivity index (χ3n) is 3.58. The largest absolute Gasteiger partial charge is 0.409 e. The van der Waals surface area contributed by atoms with Gasteiger partial charge in [-0.3, -0.25) is 9.59 Å². The lowest BCUT2D eigenvalue weighted by Gasteiger charge is -2.38. The first-order chi connectivity index (χ1) is 9.42. The van der Waals surface area contributed by atoms with E-state index in [4.69, 9.17) is 10.9 Å². The summed E-state index contributed by atoms with van der Waals surface area (Å²) in [5.74, 6) is -0.0148. The van der Waals surface area contributed by atoms with Gasteiger partial charge >= 0.3 is 0 Å². The van der Waals surface area contributed by atoms with Crippen LogP contribution in [-0.2, 0) is 9.59 Å². The van der Waals surface area contributed by atoms with Crippen LogP contribution in [0.1, 0.15) is 39.5 Å².